The third-order valence-corrected chi connectivity index (χ3v) is 3.60. The van der Waals surface area contributed by atoms with Crippen LogP contribution < -0.4 is 5.32 Å². The lowest BCUT2D eigenvalue weighted by molar-refractivity contribution is 0.0749. The third-order valence-electron chi connectivity index (χ3n) is 3.60. The number of anilines is 1. The maximum absolute atomic E-state index is 12.5. The van der Waals surface area contributed by atoms with Crippen LogP contribution in [0.1, 0.15) is 42.7 Å². The summed E-state index contributed by atoms with van der Waals surface area (Å²) in [6.45, 7) is 6.47. The highest BCUT2D eigenvalue weighted by atomic mass is 16.2. The lowest BCUT2D eigenvalue weighted by Crippen LogP contribution is -2.33. The SMILES string of the molecule is CCCN(CCC)C(=O)c1ccc(NCc2ccccc2)cn1. The molecular formula is C19H25N3O. The van der Waals surface area contributed by atoms with Gasteiger partial charge in [-0.2, -0.15) is 0 Å². The van der Waals surface area contributed by atoms with Gasteiger partial charge in [0, 0.05) is 19.6 Å². The third kappa shape index (κ3) is 5.09. The molecule has 1 aromatic carbocycles. The molecule has 0 fully saturated rings. The van der Waals surface area contributed by atoms with Gasteiger partial charge < -0.3 is 10.2 Å². The van der Waals surface area contributed by atoms with E-state index in [2.05, 4.69) is 36.3 Å². The van der Waals surface area contributed by atoms with E-state index in [4.69, 9.17) is 0 Å². The number of carbonyl (C=O) groups excluding carboxylic acids is 1. The minimum atomic E-state index is 0.0170. The second kappa shape index (κ2) is 8.93. The van der Waals surface area contributed by atoms with Crippen molar-refractivity contribution in [1.82, 2.24) is 9.88 Å². The van der Waals surface area contributed by atoms with Gasteiger partial charge in [0.1, 0.15) is 5.69 Å². The van der Waals surface area contributed by atoms with Crippen molar-refractivity contribution in [1.29, 1.82) is 0 Å². The van der Waals surface area contributed by atoms with Crippen molar-refractivity contribution in [3.8, 4) is 0 Å². The fraction of sp³-hybridized carbons (Fsp3) is 0.368. The first kappa shape index (κ1) is 17.0. The zero-order chi connectivity index (χ0) is 16.5. The van der Waals surface area contributed by atoms with Gasteiger partial charge in [0.15, 0.2) is 0 Å². The summed E-state index contributed by atoms with van der Waals surface area (Å²) >= 11 is 0. The van der Waals surface area contributed by atoms with Gasteiger partial charge in [-0.1, -0.05) is 44.2 Å². The summed E-state index contributed by atoms with van der Waals surface area (Å²) in [5.41, 5.74) is 2.64. The molecule has 1 N–H and O–H groups in total. The normalized spacial score (nSPS) is 10.3. The van der Waals surface area contributed by atoms with Crippen LogP contribution in [-0.2, 0) is 6.54 Å². The molecule has 1 aromatic heterocycles. The number of benzene rings is 1. The predicted octanol–water partition coefficient (Wildman–Crippen LogP) is 3.96. The Labute approximate surface area is 138 Å². The molecule has 0 atom stereocenters. The number of pyridine rings is 1. The molecule has 4 heteroatoms. The molecule has 4 nitrogen and oxygen atoms in total. The molecule has 0 aliphatic heterocycles. The van der Waals surface area contributed by atoms with Gasteiger partial charge in [-0.15, -0.1) is 0 Å². The van der Waals surface area contributed by atoms with E-state index in [9.17, 15) is 4.79 Å². The molecule has 122 valence electrons. The van der Waals surface area contributed by atoms with Crippen molar-refractivity contribution >= 4 is 11.6 Å². The molecule has 0 radical (unpaired) electrons. The van der Waals surface area contributed by atoms with Gasteiger partial charge in [-0.25, -0.2) is 4.98 Å². The number of hydrogen-bond donors (Lipinski definition) is 1. The van der Waals surface area contributed by atoms with Crippen molar-refractivity contribution in [3.05, 3.63) is 59.9 Å². The van der Waals surface area contributed by atoms with Gasteiger partial charge in [-0.3, -0.25) is 4.79 Å². The average molecular weight is 311 g/mol. The van der Waals surface area contributed by atoms with E-state index in [0.29, 0.717) is 5.69 Å². The first-order valence-electron chi connectivity index (χ1n) is 8.27. The molecule has 0 aliphatic carbocycles. The summed E-state index contributed by atoms with van der Waals surface area (Å²) in [7, 11) is 0. The number of nitrogens with zero attached hydrogens (tertiary/aromatic N) is 2. The summed E-state index contributed by atoms with van der Waals surface area (Å²) < 4.78 is 0. The lowest BCUT2D eigenvalue weighted by atomic mass is 10.2. The van der Waals surface area contributed by atoms with Crippen molar-refractivity contribution in [2.24, 2.45) is 0 Å². The summed E-state index contributed by atoms with van der Waals surface area (Å²) in [6, 6.07) is 13.9. The van der Waals surface area contributed by atoms with E-state index in [1.807, 2.05) is 29.2 Å². The van der Waals surface area contributed by atoms with Crippen molar-refractivity contribution in [3.63, 3.8) is 0 Å². The summed E-state index contributed by atoms with van der Waals surface area (Å²) in [5, 5.41) is 3.32. The van der Waals surface area contributed by atoms with Gasteiger partial charge in [-0.05, 0) is 30.5 Å². The monoisotopic (exact) mass is 311 g/mol. The largest absolute Gasteiger partial charge is 0.380 e. The van der Waals surface area contributed by atoms with Crippen LogP contribution >= 0.6 is 0 Å². The number of rotatable bonds is 8. The Balaban J connectivity index is 1.96. The minimum absolute atomic E-state index is 0.0170. The smallest absolute Gasteiger partial charge is 0.272 e. The molecule has 0 spiro atoms. The van der Waals surface area contributed by atoms with Crippen molar-refractivity contribution in [2.45, 2.75) is 33.2 Å². The van der Waals surface area contributed by atoms with E-state index in [0.717, 1.165) is 38.2 Å². The number of carbonyl (C=O) groups is 1. The molecule has 1 amide bonds. The van der Waals surface area contributed by atoms with Crippen LogP contribution in [0, 0.1) is 0 Å². The van der Waals surface area contributed by atoms with Gasteiger partial charge >= 0.3 is 0 Å². The minimum Gasteiger partial charge on any atom is -0.380 e. The topological polar surface area (TPSA) is 45.2 Å². The van der Waals surface area contributed by atoms with Crippen molar-refractivity contribution in [2.75, 3.05) is 18.4 Å². The van der Waals surface area contributed by atoms with Gasteiger partial charge in [0.25, 0.3) is 5.91 Å². The molecule has 0 bridgehead atoms. The number of aromatic nitrogens is 1. The number of amides is 1. The second-order valence-corrected chi connectivity index (χ2v) is 5.56. The predicted molar refractivity (Wildman–Crippen MR) is 94.5 cm³/mol. The van der Waals surface area contributed by atoms with Crippen LogP contribution in [-0.4, -0.2) is 28.9 Å². The highest BCUT2D eigenvalue weighted by Crippen LogP contribution is 2.11. The van der Waals surface area contributed by atoms with Crippen LogP contribution in [0.15, 0.2) is 48.7 Å². The van der Waals surface area contributed by atoms with Crippen LogP contribution in [0.5, 0.6) is 0 Å². The Hall–Kier alpha value is -2.36. The Bertz CT molecular complexity index is 590. The lowest BCUT2D eigenvalue weighted by Gasteiger charge is -2.21. The molecule has 0 aliphatic rings. The molecule has 0 saturated heterocycles. The molecule has 23 heavy (non-hydrogen) atoms. The van der Waals surface area contributed by atoms with Crippen molar-refractivity contribution < 1.29 is 4.79 Å². The fourth-order valence-corrected chi connectivity index (χ4v) is 2.44. The summed E-state index contributed by atoms with van der Waals surface area (Å²) in [5.74, 6) is 0.0170. The first-order valence-corrected chi connectivity index (χ1v) is 8.27. The Morgan fingerprint density at radius 1 is 1.04 bits per heavy atom. The highest BCUT2D eigenvalue weighted by molar-refractivity contribution is 5.92. The van der Waals surface area contributed by atoms with Gasteiger partial charge in [0.2, 0.25) is 0 Å². The number of hydrogen-bond acceptors (Lipinski definition) is 3. The van der Waals surface area contributed by atoms with E-state index >= 15 is 0 Å². The second-order valence-electron chi connectivity index (χ2n) is 5.56. The molecule has 2 aromatic rings. The maximum Gasteiger partial charge on any atom is 0.272 e. The first-order chi connectivity index (χ1) is 11.2. The van der Waals surface area contributed by atoms with E-state index in [1.165, 1.54) is 5.56 Å². The molecule has 0 unspecified atom stereocenters. The summed E-state index contributed by atoms with van der Waals surface area (Å²) in [6.07, 6.45) is 3.65. The Morgan fingerprint density at radius 3 is 2.30 bits per heavy atom. The quantitative estimate of drug-likeness (QED) is 0.802. The number of nitrogens with one attached hydrogen (secondary N) is 1. The van der Waals surface area contributed by atoms with E-state index < -0.39 is 0 Å². The molecule has 2 rings (SSSR count). The van der Waals surface area contributed by atoms with Crippen LogP contribution in [0.4, 0.5) is 5.69 Å². The van der Waals surface area contributed by atoms with Gasteiger partial charge in [0.05, 0.1) is 11.9 Å². The zero-order valence-corrected chi connectivity index (χ0v) is 14.0. The molecule has 0 saturated carbocycles. The standard InChI is InChI=1S/C19H25N3O/c1-3-12-22(13-4-2)19(23)18-11-10-17(15-21-18)20-14-16-8-6-5-7-9-16/h5-11,15,20H,3-4,12-14H2,1-2H3. The average Bonchev–Trinajstić information content (AvgIpc) is 2.60. The Morgan fingerprint density at radius 2 is 1.74 bits per heavy atom. The maximum atomic E-state index is 12.5. The van der Waals surface area contributed by atoms with E-state index in [-0.39, 0.29) is 5.91 Å². The van der Waals surface area contributed by atoms with Crippen LogP contribution in [0.3, 0.4) is 0 Å². The Kier molecular flexibility index (Phi) is 6.60. The van der Waals surface area contributed by atoms with Crippen LogP contribution in [0.2, 0.25) is 0 Å². The highest BCUT2D eigenvalue weighted by Gasteiger charge is 2.15. The zero-order valence-electron chi connectivity index (χ0n) is 14.0. The van der Waals surface area contributed by atoms with E-state index in [1.54, 1.807) is 12.3 Å². The van der Waals surface area contributed by atoms with Crippen LogP contribution in [0.25, 0.3) is 0 Å². The molecule has 1 heterocycles. The summed E-state index contributed by atoms with van der Waals surface area (Å²) in [4.78, 5) is 18.7. The fourth-order valence-electron chi connectivity index (χ4n) is 2.44. The molecular weight excluding hydrogens is 286 g/mol.